The van der Waals surface area contributed by atoms with E-state index in [1.54, 1.807) is 25.3 Å². The lowest BCUT2D eigenvalue weighted by atomic mass is 10.2. The first kappa shape index (κ1) is 19.4. The van der Waals surface area contributed by atoms with Crippen LogP contribution >= 0.6 is 11.6 Å². The Hall–Kier alpha value is -2.93. The van der Waals surface area contributed by atoms with Gasteiger partial charge >= 0.3 is 5.97 Å². The first-order valence-corrected chi connectivity index (χ1v) is 8.00. The molecule has 0 atom stereocenters. The Morgan fingerprint density at radius 3 is 2.42 bits per heavy atom. The third-order valence-corrected chi connectivity index (χ3v) is 3.84. The standard InChI is InChI=1S/C18H19ClN2O5/c1-24-12-5-7-14(16(9-12)25-2)20-10-17(22)21-15-8-11(18(23)26-3)4-6-13(15)19/h4-9,20H,10H2,1-3H3,(H,21,22). The maximum absolute atomic E-state index is 12.2. The molecule has 138 valence electrons. The Bertz CT molecular complexity index is 810. The van der Waals surface area contributed by atoms with E-state index in [0.29, 0.717) is 27.9 Å². The van der Waals surface area contributed by atoms with Gasteiger partial charge in [-0.1, -0.05) is 11.6 Å². The monoisotopic (exact) mass is 378 g/mol. The van der Waals surface area contributed by atoms with Gasteiger partial charge in [-0.2, -0.15) is 0 Å². The van der Waals surface area contributed by atoms with Crippen LogP contribution in [0.3, 0.4) is 0 Å². The van der Waals surface area contributed by atoms with Gasteiger partial charge in [0, 0.05) is 6.07 Å². The van der Waals surface area contributed by atoms with Crippen LogP contribution in [0.25, 0.3) is 0 Å². The summed E-state index contributed by atoms with van der Waals surface area (Å²) in [5, 5.41) is 5.94. The van der Waals surface area contributed by atoms with Crippen LogP contribution in [0.4, 0.5) is 11.4 Å². The molecule has 0 fully saturated rings. The molecule has 26 heavy (non-hydrogen) atoms. The Labute approximate surface area is 156 Å². The zero-order chi connectivity index (χ0) is 19.1. The van der Waals surface area contributed by atoms with Gasteiger partial charge in [0.15, 0.2) is 0 Å². The van der Waals surface area contributed by atoms with Crippen LogP contribution < -0.4 is 20.1 Å². The molecule has 0 radical (unpaired) electrons. The maximum Gasteiger partial charge on any atom is 0.337 e. The fraction of sp³-hybridized carbons (Fsp3) is 0.222. The zero-order valence-corrected chi connectivity index (χ0v) is 15.3. The van der Waals surface area contributed by atoms with E-state index in [1.807, 2.05) is 0 Å². The molecule has 2 aromatic rings. The van der Waals surface area contributed by atoms with Crippen LogP contribution in [0.5, 0.6) is 11.5 Å². The van der Waals surface area contributed by atoms with E-state index in [1.165, 1.54) is 32.4 Å². The second-order valence-corrected chi connectivity index (χ2v) is 5.56. The van der Waals surface area contributed by atoms with E-state index in [-0.39, 0.29) is 18.0 Å². The number of hydrogen-bond donors (Lipinski definition) is 2. The van der Waals surface area contributed by atoms with Crippen molar-refractivity contribution in [1.82, 2.24) is 0 Å². The molecule has 0 bridgehead atoms. The number of esters is 1. The lowest BCUT2D eigenvalue weighted by molar-refractivity contribution is -0.114. The number of halogens is 1. The molecule has 0 saturated heterocycles. The number of methoxy groups -OCH3 is 3. The van der Waals surface area contributed by atoms with Crippen LogP contribution in [0.1, 0.15) is 10.4 Å². The van der Waals surface area contributed by atoms with Gasteiger partial charge in [0.05, 0.1) is 49.8 Å². The minimum absolute atomic E-state index is 0.0263. The predicted octanol–water partition coefficient (Wildman–Crippen LogP) is 3.19. The summed E-state index contributed by atoms with van der Waals surface area (Å²) in [6.07, 6.45) is 0. The summed E-state index contributed by atoms with van der Waals surface area (Å²) in [4.78, 5) is 23.8. The van der Waals surface area contributed by atoms with Crippen LogP contribution in [0.2, 0.25) is 5.02 Å². The highest BCUT2D eigenvalue weighted by atomic mass is 35.5. The van der Waals surface area contributed by atoms with E-state index >= 15 is 0 Å². The van der Waals surface area contributed by atoms with Crippen molar-refractivity contribution in [3.63, 3.8) is 0 Å². The summed E-state index contributed by atoms with van der Waals surface area (Å²) in [6.45, 7) is -0.0263. The topological polar surface area (TPSA) is 85.9 Å². The number of nitrogens with one attached hydrogen (secondary N) is 2. The average Bonchev–Trinajstić information content (AvgIpc) is 2.67. The summed E-state index contributed by atoms with van der Waals surface area (Å²) >= 11 is 6.07. The highest BCUT2D eigenvalue weighted by Gasteiger charge is 2.12. The van der Waals surface area contributed by atoms with E-state index in [0.717, 1.165) is 0 Å². The second-order valence-electron chi connectivity index (χ2n) is 5.15. The van der Waals surface area contributed by atoms with Crippen LogP contribution in [-0.4, -0.2) is 39.8 Å². The van der Waals surface area contributed by atoms with Crippen LogP contribution in [0.15, 0.2) is 36.4 Å². The third kappa shape index (κ3) is 4.80. The van der Waals surface area contributed by atoms with E-state index < -0.39 is 5.97 Å². The van der Waals surface area contributed by atoms with Crippen molar-refractivity contribution < 1.29 is 23.8 Å². The van der Waals surface area contributed by atoms with Crippen molar-refractivity contribution in [3.05, 3.63) is 47.0 Å². The molecule has 0 aliphatic heterocycles. The van der Waals surface area contributed by atoms with E-state index in [9.17, 15) is 9.59 Å². The molecule has 0 saturated carbocycles. The minimum atomic E-state index is -0.516. The molecule has 0 aromatic heterocycles. The van der Waals surface area contributed by atoms with Crippen LogP contribution in [-0.2, 0) is 9.53 Å². The van der Waals surface area contributed by atoms with Gasteiger partial charge in [-0.15, -0.1) is 0 Å². The first-order valence-electron chi connectivity index (χ1n) is 7.62. The highest BCUT2D eigenvalue weighted by Crippen LogP contribution is 2.29. The lowest BCUT2D eigenvalue weighted by Gasteiger charge is -2.13. The second kappa shape index (κ2) is 8.96. The molecule has 2 rings (SSSR count). The number of rotatable bonds is 7. The summed E-state index contributed by atoms with van der Waals surface area (Å²) < 4.78 is 15.0. The van der Waals surface area contributed by atoms with Gasteiger partial charge in [-0.3, -0.25) is 4.79 Å². The van der Waals surface area contributed by atoms with Crippen molar-refractivity contribution in [3.8, 4) is 11.5 Å². The molecule has 7 nitrogen and oxygen atoms in total. The zero-order valence-electron chi connectivity index (χ0n) is 14.6. The number of amides is 1. The molecule has 1 amide bonds. The van der Waals surface area contributed by atoms with Crippen LogP contribution in [0, 0.1) is 0 Å². The summed E-state index contributed by atoms with van der Waals surface area (Å²) in [5.41, 5.74) is 1.25. The fourth-order valence-corrected chi connectivity index (χ4v) is 2.35. The van der Waals surface area contributed by atoms with Gasteiger partial charge in [0.25, 0.3) is 0 Å². The number of anilines is 2. The minimum Gasteiger partial charge on any atom is -0.497 e. The lowest BCUT2D eigenvalue weighted by Crippen LogP contribution is -2.22. The number of hydrogen-bond acceptors (Lipinski definition) is 6. The van der Waals surface area contributed by atoms with Crippen molar-refractivity contribution in [2.24, 2.45) is 0 Å². The Morgan fingerprint density at radius 2 is 1.77 bits per heavy atom. The SMILES string of the molecule is COC(=O)c1ccc(Cl)c(NC(=O)CNc2ccc(OC)cc2OC)c1. The van der Waals surface area contributed by atoms with Crippen molar-refractivity contribution >= 4 is 34.9 Å². The van der Waals surface area contributed by atoms with Gasteiger partial charge in [-0.25, -0.2) is 4.79 Å². The molecule has 0 aliphatic carbocycles. The van der Waals surface area contributed by atoms with Gasteiger partial charge in [0.1, 0.15) is 11.5 Å². The number of benzene rings is 2. The molecular weight excluding hydrogens is 360 g/mol. The summed E-state index contributed by atoms with van der Waals surface area (Å²) in [5.74, 6) is 0.330. The fourth-order valence-electron chi connectivity index (χ4n) is 2.18. The average molecular weight is 379 g/mol. The summed E-state index contributed by atoms with van der Waals surface area (Å²) in [6, 6.07) is 9.69. The molecule has 8 heteroatoms. The Balaban J connectivity index is 2.04. The Morgan fingerprint density at radius 1 is 1.00 bits per heavy atom. The normalized spacial score (nSPS) is 10.0. The highest BCUT2D eigenvalue weighted by molar-refractivity contribution is 6.33. The van der Waals surface area contributed by atoms with Crippen molar-refractivity contribution in [2.45, 2.75) is 0 Å². The number of ether oxygens (including phenoxy) is 3. The van der Waals surface area contributed by atoms with Crippen molar-refractivity contribution in [1.29, 1.82) is 0 Å². The molecular formula is C18H19ClN2O5. The quantitative estimate of drug-likeness (QED) is 0.719. The molecule has 0 heterocycles. The van der Waals surface area contributed by atoms with Crippen molar-refractivity contribution in [2.75, 3.05) is 38.5 Å². The molecule has 2 N–H and O–H groups in total. The molecule has 2 aromatic carbocycles. The summed E-state index contributed by atoms with van der Waals surface area (Å²) in [7, 11) is 4.36. The van der Waals surface area contributed by atoms with Gasteiger partial charge in [-0.05, 0) is 30.3 Å². The van der Waals surface area contributed by atoms with E-state index in [2.05, 4.69) is 15.4 Å². The first-order chi connectivity index (χ1) is 12.5. The van der Waals surface area contributed by atoms with Gasteiger partial charge < -0.3 is 24.8 Å². The largest absolute Gasteiger partial charge is 0.497 e. The third-order valence-electron chi connectivity index (χ3n) is 3.51. The maximum atomic E-state index is 12.2. The van der Waals surface area contributed by atoms with Gasteiger partial charge in [0.2, 0.25) is 5.91 Å². The molecule has 0 spiro atoms. The molecule has 0 aliphatic rings. The smallest absolute Gasteiger partial charge is 0.337 e. The molecule has 0 unspecified atom stereocenters. The number of carbonyl (C=O) groups is 2. The van der Waals surface area contributed by atoms with E-state index in [4.69, 9.17) is 21.1 Å². The number of carbonyl (C=O) groups excluding carboxylic acids is 2. The Kier molecular flexibility index (Phi) is 6.68. The predicted molar refractivity (Wildman–Crippen MR) is 99.5 cm³/mol.